The summed E-state index contributed by atoms with van der Waals surface area (Å²) in [6.45, 7) is 1.43. The Hall–Kier alpha value is -2.62. The van der Waals surface area contributed by atoms with Gasteiger partial charge in [-0.1, -0.05) is 35.6 Å². The number of rotatable bonds is 4. The van der Waals surface area contributed by atoms with Crippen molar-refractivity contribution < 1.29 is 13.2 Å². The summed E-state index contributed by atoms with van der Waals surface area (Å²) < 4.78 is 26.3. The molecule has 4 aromatic rings. The monoisotopic (exact) mass is 415 g/mol. The first-order chi connectivity index (χ1) is 12.9. The minimum absolute atomic E-state index is 0.0621. The van der Waals surface area contributed by atoms with Gasteiger partial charge in [0.15, 0.2) is 5.13 Å². The molecule has 9 heteroatoms. The highest BCUT2D eigenvalue weighted by Crippen LogP contribution is 2.33. The molecule has 0 saturated carbocycles. The van der Waals surface area contributed by atoms with Crippen LogP contribution >= 0.6 is 22.7 Å². The van der Waals surface area contributed by atoms with Gasteiger partial charge in [0.1, 0.15) is 0 Å². The van der Waals surface area contributed by atoms with Crippen LogP contribution in [0.3, 0.4) is 0 Å². The van der Waals surface area contributed by atoms with E-state index in [1.807, 2.05) is 18.2 Å². The van der Waals surface area contributed by atoms with Gasteiger partial charge >= 0.3 is 0 Å². The molecule has 6 nitrogen and oxygen atoms in total. The molecular formula is C18H13N3O3S3. The van der Waals surface area contributed by atoms with Crippen molar-refractivity contribution in [3.63, 3.8) is 0 Å². The largest absolute Gasteiger partial charge is 0.302 e. The number of carbonyl (C=O) groups is 1. The summed E-state index contributed by atoms with van der Waals surface area (Å²) >= 11 is 2.45. The molecular weight excluding hydrogens is 402 g/mol. The predicted molar refractivity (Wildman–Crippen MR) is 107 cm³/mol. The maximum atomic E-state index is 12.7. The molecule has 4 rings (SSSR count). The third-order valence-corrected chi connectivity index (χ3v) is 7.69. The van der Waals surface area contributed by atoms with Crippen LogP contribution in [-0.2, 0) is 14.6 Å². The van der Waals surface area contributed by atoms with E-state index in [0.717, 1.165) is 27.1 Å². The number of fused-ring (bicyclic) bond motifs is 1. The quantitative estimate of drug-likeness (QED) is 0.539. The maximum absolute atomic E-state index is 12.7. The third kappa shape index (κ3) is 3.48. The number of sulfone groups is 1. The lowest BCUT2D eigenvalue weighted by atomic mass is 10.2. The summed E-state index contributed by atoms with van der Waals surface area (Å²) in [6.07, 6.45) is 0. The predicted octanol–water partition coefficient (Wildman–Crippen LogP) is 4.21. The van der Waals surface area contributed by atoms with Crippen LogP contribution in [0.2, 0.25) is 0 Å². The van der Waals surface area contributed by atoms with E-state index in [9.17, 15) is 13.2 Å². The fraction of sp³-hybridized carbons (Fsp3) is 0.0556. The maximum Gasteiger partial charge on any atom is 0.233 e. The second kappa shape index (κ2) is 6.84. The Kier molecular flexibility index (Phi) is 4.50. The standard InChI is InChI=1S/C18H13N3O3S3/c1-11(22)19-17-20-14-8-7-12(9-16(14)26-17)15-10-25-18(21-15)27(23,24)13-5-3-2-4-6-13/h2-10H,1H3,(H,19,20,22). The van der Waals surface area contributed by atoms with E-state index in [-0.39, 0.29) is 15.1 Å². The zero-order valence-corrected chi connectivity index (χ0v) is 16.5. The van der Waals surface area contributed by atoms with Gasteiger partial charge in [-0.3, -0.25) is 4.79 Å². The minimum atomic E-state index is -3.63. The van der Waals surface area contributed by atoms with Crippen molar-refractivity contribution in [3.05, 3.63) is 53.9 Å². The fourth-order valence-corrected chi connectivity index (χ4v) is 5.88. The average Bonchev–Trinajstić information content (AvgIpc) is 3.28. The van der Waals surface area contributed by atoms with Gasteiger partial charge in [0.05, 0.1) is 20.8 Å². The molecule has 27 heavy (non-hydrogen) atoms. The van der Waals surface area contributed by atoms with Gasteiger partial charge in [-0.05, 0) is 24.3 Å². The molecule has 0 aliphatic carbocycles. The number of nitrogens with one attached hydrogen (secondary N) is 1. The number of thiazole rings is 2. The van der Waals surface area contributed by atoms with Crippen molar-refractivity contribution in [3.8, 4) is 11.3 Å². The van der Waals surface area contributed by atoms with Crippen LogP contribution in [0, 0.1) is 0 Å². The molecule has 1 N–H and O–H groups in total. The second-order valence-corrected chi connectivity index (χ2v) is 9.71. The first-order valence-corrected chi connectivity index (χ1v) is 11.1. The number of nitrogens with zero attached hydrogens (tertiary/aromatic N) is 2. The average molecular weight is 416 g/mol. The van der Waals surface area contributed by atoms with Gasteiger partial charge in [-0.25, -0.2) is 18.4 Å². The van der Waals surface area contributed by atoms with E-state index >= 15 is 0 Å². The lowest BCUT2D eigenvalue weighted by molar-refractivity contribution is -0.114. The van der Waals surface area contributed by atoms with Crippen molar-refractivity contribution in [1.82, 2.24) is 9.97 Å². The van der Waals surface area contributed by atoms with Crippen LogP contribution in [0.5, 0.6) is 0 Å². The molecule has 0 spiro atoms. The molecule has 0 fully saturated rings. The highest BCUT2D eigenvalue weighted by molar-refractivity contribution is 7.93. The van der Waals surface area contributed by atoms with Gasteiger partial charge in [-0.2, -0.15) is 0 Å². The van der Waals surface area contributed by atoms with Crippen molar-refractivity contribution >= 4 is 53.8 Å². The topological polar surface area (TPSA) is 89.0 Å². The van der Waals surface area contributed by atoms with Crippen LogP contribution < -0.4 is 5.32 Å². The third-order valence-electron chi connectivity index (χ3n) is 3.73. The van der Waals surface area contributed by atoms with E-state index in [4.69, 9.17) is 0 Å². The summed E-state index contributed by atoms with van der Waals surface area (Å²) in [5, 5.41) is 4.93. The van der Waals surface area contributed by atoms with E-state index in [1.165, 1.54) is 18.3 Å². The van der Waals surface area contributed by atoms with E-state index in [1.54, 1.807) is 35.7 Å². The molecule has 1 amide bonds. The van der Waals surface area contributed by atoms with Crippen molar-refractivity contribution in [2.45, 2.75) is 16.2 Å². The molecule has 136 valence electrons. The number of carbonyl (C=O) groups excluding carboxylic acids is 1. The number of anilines is 1. The Morgan fingerprint density at radius 1 is 1.07 bits per heavy atom. The van der Waals surface area contributed by atoms with Gasteiger partial charge in [0, 0.05) is 17.9 Å². The lowest BCUT2D eigenvalue weighted by Crippen LogP contribution is -2.04. The molecule has 0 bridgehead atoms. The molecule has 0 radical (unpaired) electrons. The molecule has 0 unspecified atom stereocenters. The number of amides is 1. The minimum Gasteiger partial charge on any atom is -0.302 e. The lowest BCUT2D eigenvalue weighted by Gasteiger charge is -2.00. The first-order valence-electron chi connectivity index (χ1n) is 7.88. The molecule has 2 aromatic carbocycles. The zero-order chi connectivity index (χ0) is 19.0. The molecule has 0 aliphatic rings. The summed E-state index contributed by atoms with van der Waals surface area (Å²) in [5.74, 6) is -0.176. The summed E-state index contributed by atoms with van der Waals surface area (Å²) in [4.78, 5) is 20.1. The fourth-order valence-electron chi connectivity index (χ4n) is 2.50. The Balaban J connectivity index is 1.70. The van der Waals surface area contributed by atoms with Crippen LogP contribution in [0.4, 0.5) is 5.13 Å². The SMILES string of the molecule is CC(=O)Nc1nc2ccc(-c3csc(S(=O)(=O)c4ccccc4)n3)cc2s1. The number of aromatic nitrogens is 2. The molecule has 0 saturated heterocycles. The zero-order valence-electron chi connectivity index (χ0n) is 14.0. The van der Waals surface area contributed by atoms with Crippen molar-refractivity contribution in [2.75, 3.05) is 5.32 Å². The molecule has 0 aliphatic heterocycles. The van der Waals surface area contributed by atoms with Crippen LogP contribution in [0.15, 0.2) is 63.1 Å². The normalized spacial score (nSPS) is 11.6. The summed E-state index contributed by atoms with van der Waals surface area (Å²) in [6, 6.07) is 13.8. The number of hydrogen-bond acceptors (Lipinski definition) is 7. The molecule has 2 heterocycles. The Bertz CT molecular complexity index is 1240. The van der Waals surface area contributed by atoms with Gasteiger partial charge < -0.3 is 5.32 Å². The summed E-state index contributed by atoms with van der Waals surface area (Å²) in [5.41, 5.74) is 2.15. The second-order valence-electron chi connectivity index (χ2n) is 5.70. The number of hydrogen-bond donors (Lipinski definition) is 1. The van der Waals surface area contributed by atoms with E-state index in [2.05, 4.69) is 15.3 Å². The van der Waals surface area contributed by atoms with Crippen molar-refractivity contribution in [2.24, 2.45) is 0 Å². The highest BCUT2D eigenvalue weighted by Gasteiger charge is 2.22. The van der Waals surface area contributed by atoms with Crippen molar-refractivity contribution in [1.29, 1.82) is 0 Å². The number of benzene rings is 2. The Morgan fingerprint density at radius 2 is 1.85 bits per heavy atom. The van der Waals surface area contributed by atoms with Gasteiger partial charge in [-0.15, -0.1) is 11.3 Å². The molecule has 2 aromatic heterocycles. The Morgan fingerprint density at radius 3 is 2.59 bits per heavy atom. The summed E-state index contributed by atoms with van der Waals surface area (Å²) in [7, 11) is -3.63. The smallest absolute Gasteiger partial charge is 0.233 e. The first kappa shape index (κ1) is 17.8. The van der Waals surface area contributed by atoms with Gasteiger partial charge in [0.25, 0.3) is 0 Å². The van der Waals surface area contributed by atoms with Crippen LogP contribution in [0.25, 0.3) is 21.5 Å². The Labute approximate surface area is 163 Å². The van der Waals surface area contributed by atoms with E-state index < -0.39 is 9.84 Å². The molecule has 0 atom stereocenters. The van der Waals surface area contributed by atoms with Crippen LogP contribution in [-0.4, -0.2) is 24.3 Å². The van der Waals surface area contributed by atoms with E-state index in [0.29, 0.717) is 10.8 Å². The van der Waals surface area contributed by atoms with Crippen LogP contribution in [0.1, 0.15) is 6.92 Å². The highest BCUT2D eigenvalue weighted by atomic mass is 32.2. The van der Waals surface area contributed by atoms with Gasteiger partial charge in [0.2, 0.25) is 20.1 Å².